The van der Waals surface area contributed by atoms with Crippen LogP contribution in [0, 0.1) is 5.92 Å². The van der Waals surface area contributed by atoms with Crippen LogP contribution in [0.4, 0.5) is 0 Å². The van der Waals surface area contributed by atoms with E-state index in [1.807, 2.05) is 30.3 Å². The predicted molar refractivity (Wildman–Crippen MR) is 71.8 cm³/mol. The van der Waals surface area contributed by atoms with Crippen molar-refractivity contribution in [3.05, 3.63) is 65.2 Å². The Morgan fingerprint density at radius 3 is 2.40 bits per heavy atom. The molecule has 0 bridgehead atoms. The zero-order valence-corrected chi connectivity index (χ0v) is 10.5. The molecule has 0 saturated heterocycles. The molecule has 0 fully saturated rings. The van der Waals surface area contributed by atoms with Crippen LogP contribution in [0.3, 0.4) is 0 Å². The number of phenols is 1. The molecule has 2 aromatic rings. The molecule has 2 N–H and O–H groups in total. The Kier molecular flexibility index (Phi) is 2.79. The summed E-state index contributed by atoms with van der Waals surface area (Å²) in [4.78, 5) is 23.7. The van der Waals surface area contributed by atoms with E-state index < -0.39 is 23.6 Å². The summed E-state index contributed by atoms with van der Waals surface area (Å²) in [5.74, 6) is -3.25. The molecule has 0 aromatic heterocycles. The maximum Gasteiger partial charge on any atom is 0.315 e. The molecule has 20 heavy (non-hydrogen) atoms. The number of Topliss-reactive ketones (excluding diaryl/α,β-unsaturated/α-hetero) is 1. The molecule has 2 aromatic carbocycles. The van der Waals surface area contributed by atoms with E-state index in [0.29, 0.717) is 11.1 Å². The van der Waals surface area contributed by atoms with Gasteiger partial charge in [-0.2, -0.15) is 0 Å². The summed E-state index contributed by atoms with van der Waals surface area (Å²) in [6.07, 6.45) is 0. The van der Waals surface area contributed by atoms with Crippen molar-refractivity contribution in [3.63, 3.8) is 0 Å². The molecule has 0 saturated carbocycles. The van der Waals surface area contributed by atoms with Gasteiger partial charge in [0.25, 0.3) is 0 Å². The van der Waals surface area contributed by atoms with Gasteiger partial charge in [-0.3, -0.25) is 9.59 Å². The highest BCUT2D eigenvalue weighted by atomic mass is 16.4. The van der Waals surface area contributed by atoms with Crippen molar-refractivity contribution >= 4 is 11.8 Å². The average Bonchev–Trinajstić information content (AvgIpc) is 2.73. The molecule has 1 aliphatic rings. The van der Waals surface area contributed by atoms with E-state index in [2.05, 4.69) is 0 Å². The van der Waals surface area contributed by atoms with Crippen LogP contribution in [0.25, 0.3) is 0 Å². The molecule has 3 rings (SSSR count). The van der Waals surface area contributed by atoms with Crippen LogP contribution in [-0.2, 0) is 4.79 Å². The molecule has 0 heterocycles. The van der Waals surface area contributed by atoms with E-state index in [1.165, 1.54) is 12.1 Å². The van der Waals surface area contributed by atoms with Crippen LogP contribution < -0.4 is 0 Å². The fourth-order valence-corrected chi connectivity index (χ4v) is 2.81. The van der Waals surface area contributed by atoms with Crippen LogP contribution in [0.1, 0.15) is 27.4 Å². The Morgan fingerprint density at radius 2 is 1.75 bits per heavy atom. The van der Waals surface area contributed by atoms with Crippen LogP contribution in [-0.4, -0.2) is 22.0 Å². The van der Waals surface area contributed by atoms with E-state index in [4.69, 9.17) is 0 Å². The van der Waals surface area contributed by atoms with E-state index in [9.17, 15) is 19.8 Å². The average molecular weight is 268 g/mol. The molecular formula is C16H12O4. The first-order chi connectivity index (χ1) is 9.59. The van der Waals surface area contributed by atoms with Crippen LogP contribution in [0.2, 0.25) is 0 Å². The van der Waals surface area contributed by atoms with E-state index in [0.717, 1.165) is 5.56 Å². The second-order valence-electron chi connectivity index (χ2n) is 4.84. The van der Waals surface area contributed by atoms with Crippen molar-refractivity contribution in [3.8, 4) is 5.75 Å². The van der Waals surface area contributed by atoms with Gasteiger partial charge in [0.05, 0.1) is 0 Å². The van der Waals surface area contributed by atoms with Gasteiger partial charge in [-0.25, -0.2) is 0 Å². The molecule has 0 spiro atoms. The second-order valence-corrected chi connectivity index (χ2v) is 4.84. The van der Waals surface area contributed by atoms with E-state index in [-0.39, 0.29) is 5.75 Å². The number of carboxylic acid groups (broad SMARTS) is 1. The van der Waals surface area contributed by atoms with E-state index in [1.54, 1.807) is 6.07 Å². The van der Waals surface area contributed by atoms with Crippen LogP contribution in [0.15, 0.2) is 48.5 Å². The number of carbonyl (C=O) groups is 2. The number of phenolic OH excluding ortho intramolecular Hbond substituents is 1. The lowest BCUT2D eigenvalue weighted by atomic mass is 9.86. The van der Waals surface area contributed by atoms with Gasteiger partial charge in [-0.15, -0.1) is 0 Å². The number of fused-ring (bicyclic) bond motifs is 1. The number of hydrogen-bond acceptors (Lipinski definition) is 3. The Hall–Kier alpha value is -2.62. The number of benzene rings is 2. The van der Waals surface area contributed by atoms with Gasteiger partial charge in [-0.1, -0.05) is 36.4 Å². The highest BCUT2D eigenvalue weighted by Crippen LogP contribution is 2.43. The monoisotopic (exact) mass is 268 g/mol. The zero-order valence-electron chi connectivity index (χ0n) is 10.5. The topological polar surface area (TPSA) is 74.6 Å². The van der Waals surface area contributed by atoms with Crippen LogP contribution >= 0.6 is 0 Å². The number of rotatable bonds is 2. The van der Waals surface area contributed by atoms with Gasteiger partial charge in [-0.05, 0) is 23.3 Å². The van der Waals surface area contributed by atoms with Crippen molar-refractivity contribution in [1.82, 2.24) is 0 Å². The van der Waals surface area contributed by atoms with Crippen molar-refractivity contribution in [2.24, 2.45) is 5.92 Å². The van der Waals surface area contributed by atoms with Crippen molar-refractivity contribution in [1.29, 1.82) is 0 Å². The van der Waals surface area contributed by atoms with Crippen molar-refractivity contribution < 1.29 is 19.8 Å². The summed E-state index contributed by atoms with van der Waals surface area (Å²) in [7, 11) is 0. The van der Waals surface area contributed by atoms with Gasteiger partial charge in [0, 0.05) is 11.5 Å². The fraction of sp³-hybridized carbons (Fsp3) is 0.125. The first-order valence-electron chi connectivity index (χ1n) is 6.24. The number of hydrogen-bond donors (Lipinski definition) is 2. The summed E-state index contributed by atoms with van der Waals surface area (Å²) < 4.78 is 0. The third kappa shape index (κ3) is 1.77. The minimum Gasteiger partial charge on any atom is -0.508 e. The van der Waals surface area contributed by atoms with E-state index >= 15 is 0 Å². The summed E-state index contributed by atoms with van der Waals surface area (Å²) in [6.45, 7) is 0. The summed E-state index contributed by atoms with van der Waals surface area (Å²) in [5, 5.41) is 18.9. The predicted octanol–water partition coefficient (Wildman–Crippen LogP) is 2.42. The minimum atomic E-state index is -1.14. The number of carbonyl (C=O) groups excluding carboxylic acids is 1. The molecule has 0 radical (unpaired) electrons. The molecule has 0 aliphatic heterocycles. The SMILES string of the molecule is O=C(O)C1C(=O)c2cc(O)ccc2C1c1ccccc1. The number of aliphatic carboxylic acids is 1. The Bertz CT molecular complexity index is 691. The smallest absolute Gasteiger partial charge is 0.315 e. The summed E-state index contributed by atoms with van der Waals surface area (Å²) >= 11 is 0. The molecule has 4 nitrogen and oxygen atoms in total. The van der Waals surface area contributed by atoms with Gasteiger partial charge < -0.3 is 10.2 Å². The molecule has 0 amide bonds. The number of aromatic hydroxyl groups is 1. The lowest BCUT2D eigenvalue weighted by Gasteiger charge is -2.16. The molecule has 100 valence electrons. The lowest BCUT2D eigenvalue weighted by molar-refractivity contribution is -0.140. The molecule has 2 unspecified atom stereocenters. The Balaban J connectivity index is 2.21. The standard InChI is InChI=1S/C16H12O4/c17-10-6-7-11-12(8-10)15(18)14(16(19)20)13(11)9-4-2-1-3-5-9/h1-8,13-14,17H,(H,19,20). The molecule has 1 aliphatic carbocycles. The molecule has 4 heteroatoms. The molecule has 2 atom stereocenters. The first kappa shape index (κ1) is 12.4. The Labute approximate surface area is 115 Å². The maximum atomic E-state index is 12.3. The number of ketones is 1. The largest absolute Gasteiger partial charge is 0.508 e. The quantitative estimate of drug-likeness (QED) is 0.820. The van der Waals surface area contributed by atoms with Crippen LogP contribution in [0.5, 0.6) is 5.75 Å². The molecular weight excluding hydrogens is 256 g/mol. The van der Waals surface area contributed by atoms with Gasteiger partial charge in [0.15, 0.2) is 5.78 Å². The first-order valence-corrected chi connectivity index (χ1v) is 6.24. The summed E-state index contributed by atoms with van der Waals surface area (Å²) in [5.41, 5.74) is 1.75. The normalized spacial score (nSPS) is 20.7. The second kappa shape index (κ2) is 4.49. The summed E-state index contributed by atoms with van der Waals surface area (Å²) in [6, 6.07) is 13.6. The fourth-order valence-electron chi connectivity index (χ4n) is 2.81. The van der Waals surface area contributed by atoms with Gasteiger partial charge in [0.1, 0.15) is 11.7 Å². The third-order valence-electron chi connectivity index (χ3n) is 3.68. The maximum absolute atomic E-state index is 12.3. The van der Waals surface area contributed by atoms with Gasteiger partial charge >= 0.3 is 5.97 Å². The Morgan fingerprint density at radius 1 is 1.05 bits per heavy atom. The van der Waals surface area contributed by atoms with Crippen molar-refractivity contribution in [2.45, 2.75) is 5.92 Å². The minimum absolute atomic E-state index is 0.0325. The van der Waals surface area contributed by atoms with Gasteiger partial charge in [0.2, 0.25) is 0 Å². The zero-order chi connectivity index (χ0) is 14.3. The van der Waals surface area contributed by atoms with Crippen molar-refractivity contribution in [2.75, 3.05) is 0 Å². The lowest BCUT2D eigenvalue weighted by Crippen LogP contribution is -2.24. The highest BCUT2D eigenvalue weighted by Gasteiger charge is 2.45. The number of carboxylic acids is 1. The third-order valence-corrected chi connectivity index (χ3v) is 3.68. The highest BCUT2D eigenvalue weighted by molar-refractivity contribution is 6.13.